The fourth-order valence-electron chi connectivity index (χ4n) is 3.96. The summed E-state index contributed by atoms with van der Waals surface area (Å²) >= 11 is 1.34. The van der Waals surface area contributed by atoms with Crippen LogP contribution < -0.4 is 10.6 Å². The number of carbonyl (C=O) groups is 2. The molecule has 0 aliphatic rings. The van der Waals surface area contributed by atoms with Gasteiger partial charge in [-0.15, -0.1) is 10.2 Å². The number of thioether (sulfide) groups is 1. The zero-order chi connectivity index (χ0) is 24.8. The number of hydrogen-bond donors (Lipinski definition) is 2. The second kappa shape index (κ2) is 11.3. The van der Waals surface area contributed by atoms with Crippen LogP contribution >= 0.6 is 11.8 Å². The number of aromatic nitrogens is 3. The van der Waals surface area contributed by atoms with Gasteiger partial charge in [0.15, 0.2) is 11.0 Å². The van der Waals surface area contributed by atoms with Crippen molar-refractivity contribution in [1.29, 1.82) is 0 Å². The molecule has 0 spiro atoms. The van der Waals surface area contributed by atoms with Crippen LogP contribution in [0.15, 0.2) is 47.6 Å². The molecule has 0 unspecified atom stereocenters. The van der Waals surface area contributed by atoms with Crippen molar-refractivity contribution in [3.05, 3.63) is 70.5 Å². The van der Waals surface area contributed by atoms with Gasteiger partial charge in [0.25, 0.3) is 5.91 Å². The third-order valence-corrected chi connectivity index (χ3v) is 6.57. The molecule has 0 saturated heterocycles. The summed E-state index contributed by atoms with van der Waals surface area (Å²) in [5.74, 6) is 0.770. The Balaban J connectivity index is 1.72. The van der Waals surface area contributed by atoms with E-state index in [-0.39, 0.29) is 29.5 Å². The Morgan fingerprint density at radius 3 is 2.26 bits per heavy atom. The fourth-order valence-corrected chi connectivity index (χ4v) is 4.77. The topological polar surface area (TPSA) is 88.9 Å². The van der Waals surface area contributed by atoms with Crippen molar-refractivity contribution in [3.63, 3.8) is 0 Å². The minimum Gasteiger partial charge on any atom is -0.342 e. The SMILES string of the molecule is CCn1c(SCC(=O)Nc2c(C)cc(C)cc2C)nnc1[C@H](NC(=O)c1ccccc1)C(C)C. The number of hydrogen-bond acceptors (Lipinski definition) is 5. The van der Waals surface area contributed by atoms with Crippen LogP contribution in [0.2, 0.25) is 0 Å². The van der Waals surface area contributed by atoms with Crippen molar-refractivity contribution in [1.82, 2.24) is 20.1 Å². The maximum absolute atomic E-state index is 12.8. The Morgan fingerprint density at radius 2 is 1.68 bits per heavy atom. The summed E-state index contributed by atoms with van der Waals surface area (Å²) < 4.78 is 1.97. The summed E-state index contributed by atoms with van der Waals surface area (Å²) in [5, 5.41) is 15.5. The van der Waals surface area contributed by atoms with E-state index in [0.29, 0.717) is 23.1 Å². The van der Waals surface area contributed by atoms with Crippen molar-refractivity contribution in [2.75, 3.05) is 11.1 Å². The molecule has 180 valence electrons. The molecule has 0 aliphatic carbocycles. The number of rotatable bonds is 9. The minimum atomic E-state index is -0.304. The molecule has 2 N–H and O–H groups in total. The molecule has 0 fully saturated rings. The van der Waals surface area contributed by atoms with Gasteiger partial charge in [0.2, 0.25) is 5.91 Å². The van der Waals surface area contributed by atoms with Crippen LogP contribution in [0, 0.1) is 26.7 Å². The van der Waals surface area contributed by atoms with E-state index in [1.807, 2.05) is 64.3 Å². The number of benzene rings is 2. The maximum atomic E-state index is 12.8. The molecule has 0 aliphatic heterocycles. The van der Waals surface area contributed by atoms with Crippen molar-refractivity contribution < 1.29 is 9.59 Å². The molecule has 0 bridgehead atoms. The van der Waals surface area contributed by atoms with E-state index in [4.69, 9.17) is 0 Å². The highest BCUT2D eigenvalue weighted by atomic mass is 32.2. The van der Waals surface area contributed by atoms with Gasteiger partial charge in [0.05, 0.1) is 11.8 Å². The Labute approximate surface area is 205 Å². The average molecular weight is 480 g/mol. The van der Waals surface area contributed by atoms with Gasteiger partial charge in [-0.05, 0) is 56.9 Å². The van der Waals surface area contributed by atoms with Crippen LogP contribution in [-0.2, 0) is 11.3 Å². The highest BCUT2D eigenvalue weighted by Crippen LogP contribution is 2.26. The quantitative estimate of drug-likeness (QED) is 0.418. The van der Waals surface area contributed by atoms with Gasteiger partial charge in [-0.2, -0.15) is 0 Å². The fraction of sp³-hybridized carbons (Fsp3) is 0.385. The van der Waals surface area contributed by atoms with Crippen molar-refractivity contribution >= 4 is 29.3 Å². The normalized spacial score (nSPS) is 12.0. The molecule has 7 nitrogen and oxygen atoms in total. The molecule has 2 amide bonds. The first-order valence-corrected chi connectivity index (χ1v) is 12.5. The molecular formula is C26H33N5O2S. The minimum absolute atomic E-state index is 0.0925. The van der Waals surface area contributed by atoms with Gasteiger partial charge in [-0.1, -0.05) is 61.5 Å². The van der Waals surface area contributed by atoms with Crippen LogP contribution in [0.25, 0.3) is 0 Å². The smallest absolute Gasteiger partial charge is 0.251 e. The Bertz CT molecular complexity index is 1130. The van der Waals surface area contributed by atoms with Crippen LogP contribution in [0.3, 0.4) is 0 Å². The Kier molecular flexibility index (Phi) is 8.50. The van der Waals surface area contributed by atoms with Gasteiger partial charge in [0, 0.05) is 17.8 Å². The van der Waals surface area contributed by atoms with E-state index >= 15 is 0 Å². The zero-order valence-corrected chi connectivity index (χ0v) is 21.5. The summed E-state index contributed by atoms with van der Waals surface area (Å²) in [7, 11) is 0. The van der Waals surface area contributed by atoms with Crippen LogP contribution in [0.4, 0.5) is 5.69 Å². The van der Waals surface area contributed by atoms with Crippen LogP contribution in [-0.4, -0.2) is 32.3 Å². The first kappa shape index (κ1) is 25.5. The zero-order valence-electron chi connectivity index (χ0n) is 20.7. The van der Waals surface area contributed by atoms with E-state index in [1.54, 1.807) is 12.1 Å². The molecule has 8 heteroatoms. The average Bonchev–Trinajstić information content (AvgIpc) is 3.21. The molecule has 0 saturated carbocycles. The molecular weight excluding hydrogens is 446 g/mol. The second-order valence-electron chi connectivity index (χ2n) is 8.76. The molecule has 2 aromatic carbocycles. The number of carbonyl (C=O) groups excluding carboxylic acids is 2. The number of aryl methyl sites for hydroxylation is 3. The molecule has 3 rings (SSSR count). The van der Waals surface area contributed by atoms with E-state index in [2.05, 4.69) is 33.0 Å². The molecule has 1 aromatic heterocycles. The molecule has 3 aromatic rings. The monoisotopic (exact) mass is 479 g/mol. The lowest BCUT2D eigenvalue weighted by atomic mass is 10.0. The highest BCUT2D eigenvalue weighted by molar-refractivity contribution is 7.99. The van der Waals surface area contributed by atoms with Gasteiger partial charge >= 0.3 is 0 Å². The van der Waals surface area contributed by atoms with E-state index < -0.39 is 0 Å². The lowest BCUT2D eigenvalue weighted by Gasteiger charge is -2.22. The predicted octanol–water partition coefficient (Wildman–Crippen LogP) is 5.08. The molecule has 34 heavy (non-hydrogen) atoms. The summed E-state index contributed by atoms with van der Waals surface area (Å²) in [6.45, 7) is 12.8. The highest BCUT2D eigenvalue weighted by Gasteiger charge is 2.26. The van der Waals surface area contributed by atoms with E-state index in [1.165, 1.54) is 17.3 Å². The van der Waals surface area contributed by atoms with Gasteiger partial charge in [0.1, 0.15) is 0 Å². The van der Waals surface area contributed by atoms with E-state index in [9.17, 15) is 9.59 Å². The van der Waals surface area contributed by atoms with Gasteiger partial charge in [-0.25, -0.2) is 0 Å². The van der Waals surface area contributed by atoms with Gasteiger partial charge < -0.3 is 15.2 Å². The third-order valence-electron chi connectivity index (χ3n) is 5.60. The van der Waals surface area contributed by atoms with E-state index in [0.717, 1.165) is 16.8 Å². The lowest BCUT2D eigenvalue weighted by molar-refractivity contribution is -0.113. The summed E-state index contributed by atoms with van der Waals surface area (Å²) in [4.78, 5) is 25.5. The van der Waals surface area contributed by atoms with Crippen LogP contribution in [0.5, 0.6) is 0 Å². The van der Waals surface area contributed by atoms with Gasteiger partial charge in [-0.3, -0.25) is 9.59 Å². The largest absolute Gasteiger partial charge is 0.342 e. The number of amides is 2. The second-order valence-corrected chi connectivity index (χ2v) is 9.70. The maximum Gasteiger partial charge on any atom is 0.251 e. The number of anilines is 1. The third kappa shape index (κ3) is 6.05. The Hall–Kier alpha value is -3.13. The first-order chi connectivity index (χ1) is 16.2. The van der Waals surface area contributed by atoms with Crippen molar-refractivity contribution in [2.45, 2.75) is 59.3 Å². The summed E-state index contributed by atoms with van der Waals surface area (Å²) in [6, 6.07) is 13.0. The van der Waals surface area contributed by atoms with Crippen molar-refractivity contribution in [3.8, 4) is 0 Å². The number of nitrogens with one attached hydrogen (secondary N) is 2. The lowest BCUT2D eigenvalue weighted by Crippen LogP contribution is -2.33. The first-order valence-electron chi connectivity index (χ1n) is 11.5. The van der Waals surface area contributed by atoms with Crippen molar-refractivity contribution in [2.24, 2.45) is 5.92 Å². The Morgan fingerprint density at radius 1 is 1.03 bits per heavy atom. The molecule has 1 heterocycles. The number of nitrogens with zero attached hydrogens (tertiary/aromatic N) is 3. The predicted molar refractivity (Wildman–Crippen MR) is 137 cm³/mol. The van der Waals surface area contributed by atoms with Crippen LogP contribution in [0.1, 0.15) is 59.7 Å². The summed E-state index contributed by atoms with van der Waals surface area (Å²) in [6.07, 6.45) is 0. The summed E-state index contributed by atoms with van der Waals surface area (Å²) in [5.41, 5.74) is 4.72. The standard InChI is InChI=1S/C26H33N5O2S/c1-7-31-24(22(16(2)3)28-25(33)20-11-9-8-10-12-20)29-30-26(31)34-15-21(32)27-23-18(5)13-17(4)14-19(23)6/h8-14,16,22H,7,15H2,1-6H3,(H,27,32)(H,28,33)/t22-/m1/s1. The molecule has 0 radical (unpaired) electrons. The molecule has 1 atom stereocenters.